The molecule has 7 nitrogen and oxygen atoms in total. The van der Waals surface area contributed by atoms with E-state index in [2.05, 4.69) is 20.9 Å². The second kappa shape index (κ2) is 7.92. The zero-order valence-corrected chi connectivity index (χ0v) is 16.6. The molecular formula is C16H15BrClN2O5P. The van der Waals surface area contributed by atoms with Gasteiger partial charge in [0.05, 0.1) is 5.56 Å². The minimum Gasteiger partial charge on any atom is -0.366 e. The van der Waals surface area contributed by atoms with E-state index in [1.165, 1.54) is 0 Å². The number of phosphoric acid groups is 1. The topological polar surface area (TPSA) is 137 Å². The summed E-state index contributed by atoms with van der Waals surface area (Å²) in [5, 5.41) is 1.58. The van der Waals surface area contributed by atoms with Crippen LogP contribution in [0.3, 0.4) is 0 Å². The summed E-state index contributed by atoms with van der Waals surface area (Å²) in [5.74, 6) is -0.496. The van der Waals surface area contributed by atoms with Gasteiger partial charge in [-0.3, -0.25) is 4.79 Å². The Morgan fingerprint density at radius 3 is 2.35 bits per heavy atom. The first-order valence-corrected chi connectivity index (χ1v) is 9.87. The van der Waals surface area contributed by atoms with Crippen LogP contribution in [0.15, 0.2) is 40.9 Å². The summed E-state index contributed by atoms with van der Waals surface area (Å²) in [7, 11) is -4.64. The van der Waals surface area contributed by atoms with Gasteiger partial charge in [0, 0.05) is 31.7 Å². The second-order valence-corrected chi connectivity index (χ2v) is 7.65. The first-order chi connectivity index (χ1) is 12.0. The van der Waals surface area contributed by atoms with Crippen molar-refractivity contribution in [2.45, 2.75) is 6.92 Å². The number of hydrogen-bond donors (Lipinski definition) is 5. The van der Waals surface area contributed by atoms with Crippen molar-refractivity contribution in [3.8, 4) is 11.3 Å². The van der Waals surface area contributed by atoms with E-state index < -0.39 is 13.7 Å². The van der Waals surface area contributed by atoms with Crippen molar-refractivity contribution in [1.29, 1.82) is 0 Å². The maximum Gasteiger partial charge on any atom is 0.466 e. The van der Waals surface area contributed by atoms with E-state index in [4.69, 9.17) is 36.6 Å². The Morgan fingerprint density at radius 2 is 1.81 bits per heavy atom. The van der Waals surface area contributed by atoms with Gasteiger partial charge in [-0.2, -0.15) is 0 Å². The van der Waals surface area contributed by atoms with Crippen LogP contribution in [0.5, 0.6) is 0 Å². The van der Waals surface area contributed by atoms with Gasteiger partial charge in [-0.1, -0.05) is 45.7 Å². The number of carbonyl (C=O) groups excluding carboxylic acids is 1. The molecule has 0 aliphatic heterocycles. The zero-order valence-electron chi connectivity index (χ0n) is 13.4. The van der Waals surface area contributed by atoms with Crippen LogP contribution in [0, 0.1) is 6.92 Å². The minimum atomic E-state index is -4.64. The predicted molar refractivity (Wildman–Crippen MR) is 104 cm³/mol. The fourth-order valence-corrected chi connectivity index (χ4v) is 3.47. The van der Waals surface area contributed by atoms with E-state index in [1.54, 1.807) is 13.0 Å². The Hall–Kier alpha value is -1.67. The fourth-order valence-electron chi connectivity index (χ4n) is 2.50. The highest BCUT2D eigenvalue weighted by Gasteiger charge is 2.20. The molecule has 0 atom stereocenters. The van der Waals surface area contributed by atoms with E-state index in [-0.39, 0.29) is 0 Å². The smallest absolute Gasteiger partial charge is 0.366 e. The van der Waals surface area contributed by atoms with Crippen LogP contribution < -0.4 is 5.73 Å². The van der Waals surface area contributed by atoms with E-state index in [0.29, 0.717) is 16.1 Å². The number of fused-ring (bicyclic) bond motifs is 1. The predicted octanol–water partition coefficient (Wildman–Crippen LogP) is 3.73. The number of H-pyrrole nitrogens is 1. The average Bonchev–Trinajstić information content (AvgIpc) is 2.91. The molecule has 138 valence electrons. The van der Waals surface area contributed by atoms with Crippen LogP contribution in [0.4, 0.5) is 0 Å². The van der Waals surface area contributed by atoms with Gasteiger partial charge in [0.1, 0.15) is 0 Å². The van der Waals surface area contributed by atoms with Gasteiger partial charge in [-0.15, -0.1) is 0 Å². The largest absolute Gasteiger partial charge is 0.466 e. The quantitative estimate of drug-likeness (QED) is 0.370. The Bertz CT molecular complexity index is 990. The molecule has 2 aromatic carbocycles. The van der Waals surface area contributed by atoms with Crippen molar-refractivity contribution in [1.82, 2.24) is 4.98 Å². The third-order valence-electron chi connectivity index (χ3n) is 3.52. The van der Waals surface area contributed by atoms with E-state index in [1.807, 2.05) is 30.3 Å². The first-order valence-electron chi connectivity index (χ1n) is 7.14. The number of hydrogen-bond acceptors (Lipinski definition) is 2. The number of amides is 1. The van der Waals surface area contributed by atoms with Gasteiger partial charge in [0.25, 0.3) is 0 Å². The van der Waals surface area contributed by atoms with Crippen LogP contribution >= 0.6 is 35.4 Å². The molecule has 10 heteroatoms. The molecule has 0 spiro atoms. The van der Waals surface area contributed by atoms with Crippen LogP contribution in [-0.4, -0.2) is 25.6 Å². The highest BCUT2D eigenvalue weighted by atomic mass is 79.9. The summed E-state index contributed by atoms with van der Waals surface area (Å²) in [6, 6.07) is 11.7. The molecule has 0 saturated heterocycles. The molecule has 0 fully saturated rings. The molecule has 0 bridgehead atoms. The number of halogens is 2. The summed E-state index contributed by atoms with van der Waals surface area (Å²) in [6.45, 7) is 1.79. The Kier molecular flexibility index (Phi) is 6.29. The first kappa shape index (κ1) is 20.6. The van der Waals surface area contributed by atoms with E-state index >= 15 is 0 Å². The van der Waals surface area contributed by atoms with E-state index in [0.717, 1.165) is 26.6 Å². The third-order valence-corrected chi connectivity index (χ3v) is 4.54. The second-order valence-electron chi connectivity index (χ2n) is 5.36. The van der Waals surface area contributed by atoms with Crippen LogP contribution in [0.25, 0.3) is 22.2 Å². The number of nitrogens with one attached hydrogen (secondary N) is 1. The highest BCUT2D eigenvalue weighted by molar-refractivity contribution is 9.10. The summed E-state index contributed by atoms with van der Waals surface area (Å²) < 4.78 is 9.62. The van der Waals surface area contributed by atoms with Crippen molar-refractivity contribution < 1.29 is 24.0 Å². The number of aromatic nitrogens is 1. The zero-order chi connectivity index (χ0) is 19.6. The normalized spacial score (nSPS) is 11.2. The minimum absolute atomic E-state index is 0.431. The monoisotopic (exact) mass is 460 g/mol. The fraction of sp³-hybridized carbons (Fsp3) is 0.0625. The van der Waals surface area contributed by atoms with Gasteiger partial charge in [0.2, 0.25) is 5.91 Å². The maximum absolute atomic E-state index is 11.9. The Balaban J connectivity index is 0.000000431. The molecule has 3 aromatic rings. The molecule has 1 aromatic heterocycles. The lowest BCUT2D eigenvalue weighted by molar-refractivity contribution is 0.1000. The summed E-state index contributed by atoms with van der Waals surface area (Å²) >= 11 is 9.64. The molecule has 1 heterocycles. The molecule has 1 amide bonds. The molecule has 0 aliphatic carbocycles. The number of para-hydroxylation sites is 1. The van der Waals surface area contributed by atoms with Gasteiger partial charge in [0.15, 0.2) is 0 Å². The molecule has 0 radical (unpaired) electrons. The molecule has 0 unspecified atom stereocenters. The van der Waals surface area contributed by atoms with Crippen molar-refractivity contribution in [2.24, 2.45) is 5.73 Å². The van der Waals surface area contributed by atoms with Gasteiger partial charge in [-0.25, -0.2) is 4.57 Å². The van der Waals surface area contributed by atoms with Gasteiger partial charge < -0.3 is 25.4 Å². The molecule has 26 heavy (non-hydrogen) atoms. The van der Waals surface area contributed by atoms with Gasteiger partial charge in [-0.05, 0) is 30.7 Å². The number of primary amides is 1. The molecule has 3 rings (SSSR count). The standard InChI is InChI=1S/C16H12BrClN2O.H3O4P/c1-8-11(18)7-10(17)15(14(8)16(19)21)13-6-9-4-2-3-5-12(9)20-13;1-5(2,3)4/h2-7,20H,1H3,(H2,19,21);(H3,1,2,3,4). The number of aromatic amines is 1. The SMILES string of the molecule is Cc1c(Cl)cc(Br)c(-c2cc3ccccc3[nH]2)c1C(N)=O.O=P(O)(O)O. The number of nitrogens with two attached hydrogens (primary N) is 1. The lowest BCUT2D eigenvalue weighted by Crippen LogP contribution is -2.15. The lowest BCUT2D eigenvalue weighted by atomic mass is 9.99. The van der Waals surface area contributed by atoms with Crippen molar-refractivity contribution in [3.63, 3.8) is 0 Å². The van der Waals surface area contributed by atoms with Crippen molar-refractivity contribution >= 4 is 52.2 Å². The van der Waals surface area contributed by atoms with Crippen molar-refractivity contribution in [2.75, 3.05) is 0 Å². The Morgan fingerprint density at radius 1 is 1.23 bits per heavy atom. The Labute approximate surface area is 162 Å². The average molecular weight is 462 g/mol. The molecule has 0 saturated carbocycles. The summed E-state index contributed by atoms with van der Waals surface area (Å²) in [5.41, 5.74) is 9.23. The number of carbonyl (C=O) groups is 1. The summed E-state index contributed by atoms with van der Waals surface area (Å²) in [6.07, 6.45) is 0. The maximum atomic E-state index is 11.9. The number of rotatable bonds is 2. The van der Waals surface area contributed by atoms with Gasteiger partial charge >= 0.3 is 7.82 Å². The highest BCUT2D eigenvalue weighted by Crippen LogP contribution is 2.37. The number of benzene rings is 2. The van der Waals surface area contributed by atoms with Crippen molar-refractivity contribution in [3.05, 3.63) is 57.0 Å². The molecular weight excluding hydrogens is 447 g/mol. The third kappa shape index (κ3) is 4.94. The van der Waals surface area contributed by atoms with Crippen LogP contribution in [-0.2, 0) is 4.57 Å². The lowest BCUT2D eigenvalue weighted by Gasteiger charge is -2.12. The molecule has 6 N–H and O–H groups in total. The van der Waals surface area contributed by atoms with Crippen LogP contribution in [0.2, 0.25) is 5.02 Å². The van der Waals surface area contributed by atoms with E-state index in [9.17, 15) is 4.79 Å². The summed E-state index contributed by atoms with van der Waals surface area (Å²) in [4.78, 5) is 36.7. The molecule has 0 aliphatic rings. The van der Waals surface area contributed by atoms with Crippen LogP contribution in [0.1, 0.15) is 15.9 Å².